The zero-order valence-electron chi connectivity index (χ0n) is 13.3. The average Bonchev–Trinajstić information content (AvgIpc) is 2.72. The van der Waals surface area contributed by atoms with E-state index in [4.69, 9.17) is 4.74 Å². The molecule has 0 amide bonds. The lowest BCUT2D eigenvalue weighted by Crippen LogP contribution is -2.41. The van der Waals surface area contributed by atoms with Crippen molar-refractivity contribution in [3.63, 3.8) is 0 Å². The first-order chi connectivity index (χ1) is 9.67. The Bertz CT molecular complexity index is 430. The van der Waals surface area contributed by atoms with Gasteiger partial charge in [0.25, 0.3) is 0 Å². The number of anilines is 1. The Morgan fingerprint density at radius 3 is 2.95 bits per heavy atom. The molecule has 5 nitrogen and oxygen atoms in total. The maximum atomic E-state index is 5.94. The smallest absolute Gasteiger partial charge is 0.131 e. The highest BCUT2D eigenvalue weighted by atomic mass is 16.5. The van der Waals surface area contributed by atoms with Crippen LogP contribution in [0.1, 0.15) is 37.4 Å². The molecule has 2 rings (SSSR count). The summed E-state index contributed by atoms with van der Waals surface area (Å²) < 4.78 is 7.96. The summed E-state index contributed by atoms with van der Waals surface area (Å²) in [4.78, 5) is 2.44. The molecule has 0 spiro atoms. The van der Waals surface area contributed by atoms with Crippen LogP contribution < -0.4 is 10.2 Å². The van der Waals surface area contributed by atoms with E-state index in [1.165, 1.54) is 24.2 Å². The Kier molecular flexibility index (Phi) is 5.43. The second-order valence-electron chi connectivity index (χ2n) is 5.62. The van der Waals surface area contributed by atoms with E-state index in [1.807, 2.05) is 18.8 Å². The molecule has 1 unspecified atom stereocenters. The van der Waals surface area contributed by atoms with E-state index in [2.05, 4.69) is 29.2 Å². The normalized spacial score (nSPS) is 19.6. The van der Waals surface area contributed by atoms with Crippen molar-refractivity contribution < 1.29 is 4.74 Å². The van der Waals surface area contributed by atoms with Crippen LogP contribution in [0, 0.1) is 6.92 Å². The minimum absolute atomic E-state index is 0.362. The van der Waals surface area contributed by atoms with Gasteiger partial charge in [-0.15, -0.1) is 0 Å². The molecule has 0 aliphatic carbocycles. The van der Waals surface area contributed by atoms with Crippen molar-refractivity contribution in [3.8, 4) is 0 Å². The van der Waals surface area contributed by atoms with Crippen molar-refractivity contribution in [3.05, 3.63) is 11.3 Å². The van der Waals surface area contributed by atoms with Crippen molar-refractivity contribution in [2.45, 2.75) is 45.8 Å². The lowest BCUT2D eigenvalue weighted by Gasteiger charge is -2.34. The lowest BCUT2D eigenvalue weighted by molar-refractivity contribution is 0.0437. The first kappa shape index (κ1) is 15.3. The van der Waals surface area contributed by atoms with Gasteiger partial charge >= 0.3 is 0 Å². The molecule has 1 saturated heterocycles. The van der Waals surface area contributed by atoms with Crippen LogP contribution in [-0.2, 0) is 18.3 Å². The molecule has 1 aliphatic heterocycles. The number of nitrogens with one attached hydrogen (secondary N) is 1. The fourth-order valence-electron chi connectivity index (χ4n) is 3.02. The predicted molar refractivity (Wildman–Crippen MR) is 82.2 cm³/mol. The van der Waals surface area contributed by atoms with Crippen LogP contribution in [-0.4, -0.2) is 42.6 Å². The number of ether oxygens (including phenoxy) is 1. The van der Waals surface area contributed by atoms with Gasteiger partial charge in [-0.25, -0.2) is 0 Å². The molecule has 20 heavy (non-hydrogen) atoms. The highest BCUT2D eigenvalue weighted by molar-refractivity contribution is 5.50. The van der Waals surface area contributed by atoms with Crippen molar-refractivity contribution in [2.24, 2.45) is 7.05 Å². The number of hydrogen-bond donors (Lipinski definition) is 1. The van der Waals surface area contributed by atoms with Gasteiger partial charge in [0, 0.05) is 38.9 Å². The fourth-order valence-corrected chi connectivity index (χ4v) is 3.02. The number of nitrogens with zero attached hydrogens (tertiary/aromatic N) is 3. The maximum Gasteiger partial charge on any atom is 0.131 e. The van der Waals surface area contributed by atoms with Crippen molar-refractivity contribution in [1.82, 2.24) is 15.1 Å². The van der Waals surface area contributed by atoms with Gasteiger partial charge in [0.15, 0.2) is 0 Å². The molecule has 0 aromatic carbocycles. The summed E-state index contributed by atoms with van der Waals surface area (Å²) in [5.41, 5.74) is 2.43. The quantitative estimate of drug-likeness (QED) is 0.863. The first-order valence-electron chi connectivity index (χ1n) is 7.71. The molecule has 0 bridgehead atoms. The number of rotatable bonds is 6. The van der Waals surface area contributed by atoms with Crippen LogP contribution in [0.3, 0.4) is 0 Å². The van der Waals surface area contributed by atoms with Crippen LogP contribution in [0.25, 0.3) is 0 Å². The number of hydrogen-bond acceptors (Lipinski definition) is 4. The van der Waals surface area contributed by atoms with E-state index in [1.54, 1.807) is 0 Å². The predicted octanol–water partition coefficient (Wildman–Crippen LogP) is 1.84. The molecule has 114 valence electrons. The third-order valence-electron chi connectivity index (χ3n) is 3.90. The molecule has 1 aliphatic rings. The van der Waals surface area contributed by atoms with Gasteiger partial charge in [0.1, 0.15) is 5.82 Å². The molecule has 1 aromatic rings. The third kappa shape index (κ3) is 3.33. The molecular formula is C15H28N4O. The summed E-state index contributed by atoms with van der Waals surface area (Å²) in [7, 11) is 4.03. The second kappa shape index (κ2) is 7.09. The summed E-state index contributed by atoms with van der Waals surface area (Å²) in [5, 5.41) is 7.84. The van der Waals surface area contributed by atoms with Crippen LogP contribution >= 0.6 is 0 Å². The Morgan fingerprint density at radius 1 is 1.45 bits per heavy atom. The molecule has 5 heteroatoms. The topological polar surface area (TPSA) is 42.3 Å². The van der Waals surface area contributed by atoms with Gasteiger partial charge in [-0.1, -0.05) is 6.92 Å². The minimum atomic E-state index is 0.362. The summed E-state index contributed by atoms with van der Waals surface area (Å²) in [6.45, 7) is 8.07. The molecule has 0 radical (unpaired) electrons. The Balaban J connectivity index is 2.13. The Hall–Kier alpha value is -1.07. The van der Waals surface area contributed by atoms with E-state index in [-0.39, 0.29) is 0 Å². The zero-order chi connectivity index (χ0) is 14.5. The van der Waals surface area contributed by atoms with Gasteiger partial charge in [-0.05, 0) is 33.2 Å². The van der Waals surface area contributed by atoms with Gasteiger partial charge in [-0.2, -0.15) is 5.10 Å². The van der Waals surface area contributed by atoms with Gasteiger partial charge in [-0.3, -0.25) is 4.68 Å². The first-order valence-corrected chi connectivity index (χ1v) is 7.71. The largest absolute Gasteiger partial charge is 0.376 e. The minimum Gasteiger partial charge on any atom is -0.376 e. The van der Waals surface area contributed by atoms with Crippen LogP contribution in [0.4, 0.5) is 5.82 Å². The molecule has 1 atom stereocenters. The van der Waals surface area contributed by atoms with E-state index in [0.717, 1.165) is 38.4 Å². The number of aromatic nitrogens is 2. The van der Waals surface area contributed by atoms with Crippen LogP contribution in [0.2, 0.25) is 0 Å². The molecule has 0 saturated carbocycles. The van der Waals surface area contributed by atoms with E-state index >= 15 is 0 Å². The SMILES string of the molecule is CCCOC1CCCN(c2c(CNC)c(C)nn2C)C1. The molecular weight excluding hydrogens is 252 g/mol. The monoisotopic (exact) mass is 280 g/mol. The Morgan fingerprint density at radius 2 is 2.25 bits per heavy atom. The average molecular weight is 280 g/mol. The summed E-state index contributed by atoms with van der Waals surface area (Å²) in [6, 6.07) is 0. The molecule has 2 heterocycles. The highest BCUT2D eigenvalue weighted by Gasteiger charge is 2.25. The summed E-state index contributed by atoms with van der Waals surface area (Å²) in [5.74, 6) is 1.25. The van der Waals surface area contributed by atoms with E-state index < -0.39 is 0 Å². The summed E-state index contributed by atoms with van der Waals surface area (Å²) in [6.07, 6.45) is 3.82. The van der Waals surface area contributed by atoms with Gasteiger partial charge in [0.2, 0.25) is 0 Å². The fraction of sp³-hybridized carbons (Fsp3) is 0.800. The third-order valence-corrected chi connectivity index (χ3v) is 3.90. The Labute approximate surface area is 122 Å². The highest BCUT2D eigenvalue weighted by Crippen LogP contribution is 2.27. The number of aryl methyl sites for hydroxylation is 2. The zero-order valence-corrected chi connectivity index (χ0v) is 13.3. The molecule has 1 fully saturated rings. The molecule has 1 aromatic heterocycles. The second-order valence-corrected chi connectivity index (χ2v) is 5.62. The molecule has 1 N–H and O–H groups in total. The van der Waals surface area contributed by atoms with Crippen molar-refractivity contribution >= 4 is 5.82 Å². The standard InChI is InChI=1S/C15H28N4O/c1-5-9-20-13-7-6-8-19(11-13)15-14(10-16-3)12(2)17-18(15)4/h13,16H,5-11H2,1-4H3. The van der Waals surface area contributed by atoms with E-state index in [0.29, 0.717) is 6.10 Å². The lowest BCUT2D eigenvalue weighted by atomic mass is 10.1. The van der Waals surface area contributed by atoms with Crippen LogP contribution in [0.15, 0.2) is 0 Å². The van der Waals surface area contributed by atoms with Crippen molar-refractivity contribution in [1.29, 1.82) is 0 Å². The van der Waals surface area contributed by atoms with Crippen LogP contribution in [0.5, 0.6) is 0 Å². The summed E-state index contributed by atoms with van der Waals surface area (Å²) >= 11 is 0. The number of piperidine rings is 1. The van der Waals surface area contributed by atoms with Crippen molar-refractivity contribution in [2.75, 3.05) is 31.6 Å². The van der Waals surface area contributed by atoms with Gasteiger partial charge < -0.3 is 15.0 Å². The van der Waals surface area contributed by atoms with Gasteiger partial charge in [0.05, 0.1) is 11.8 Å². The maximum absolute atomic E-state index is 5.94. The van der Waals surface area contributed by atoms with E-state index in [9.17, 15) is 0 Å².